The Balaban J connectivity index is 1.70. The van der Waals surface area contributed by atoms with Gasteiger partial charge in [0.25, 0.3) is 5.91 Å². The lowest BCUT2D eigenvalue weighted by Gasteiger charge is -2.47. The van der Waals surface area contributed by atoms with Crippen molar-refractivity contribution in [3.63, 3.8) is 0 Å². The van der Waals surface area contributed by atoms with Crippen LogP contribution in [0, 0.1) is 5.92 Å². The minimum absolute atomic E-state index is 0.0637. The Labute approximate surface area is 124 Å². The molecule has 1 aliphatic carbocycles. The quantitative estimate of drug-likeness (QED) is 0.561. The minimum Gasteiger partial charge on any atom is -0.389 e. The number of hydrazine groups is 1. The van der Waals surface area contributed by atoms with E-state index >= 15 is 0 Å². The normalized spacial score (nSPS) is 28.9. The number of hydrogen-bond donors (Lipinski definition) is 3. The molecule has 2 unspecified atom stereocenters. The fourth-order valence-corrected chi connectivity index (χ4v) is 3.52. The van der Waals surface area contributed by atoms with Crippen molar-refractivity contribution in [2.75, 3.05) is 18.5 Å². The monoisotopic (exact) mass is 290 g/mol. The van der Waals surface area contributed by atoms with Gasteiger partial charge in [0.15, 0.2) is 0 Å². The number of hydrogen-bond acceptors (Lipinski definition) is 5. The van der Waals surface area contributed by atoms with Crippen molar-refractivity contribution in [1.82, 2.24) is 9.88 Å². The van der Waals surface area contributed by atoms with Crippen LogP contribution in [-0.2, 0) is 0 Å². The fourth-order valence-electron chi connectivity index (χ4n) is 3.52. The molecule has 1 aliphatic heterocycles. The number of rotatable bonds is 2. The first kappa shape index (κ1) is 14.3. The van der Waals surface area contributed by atoms with Crippen molar-refractivity contribution < 1.29 is 9.90 Å². The summed E-state index contributed by atoms with van der Waals surface area (Å²) in [5.41, 5.74) is 3.03. The van der Waals surface area contributed by atoms with Gasteiger partial charge in [-0.3, -0.25) is 10.6 Å². The topological polar surface area (TPSA) is 91.5 Å². The van der Waals surface area contributed by atoms with Crippen LogP contribution in [0.3, 0.4) is 0 Å². The Morgan fingerprint density at radius 3 is 3.00 bits per heavy atom. The van der Waals surface area contributed by atoms with E-state index in [2.05, 4.69) is 10.4 Å². The predicted molar refractivity (Wildman–Crippen MR) is 79.5 cm³/mol. The second-order valence-corrected chi connectivity index (χ2v) is 6.12. The van der Waals surface area contributed by atoms with Crippen LogP contribution in [0.25, 0.3) is 0 Å². The summed E-state index contributed by atoms with van der Waals surface area (Å²) in [5.74, 6) is 5.43. The maximum Gasteiger partial charge on any atom is 0.272 e. The number of piperidine rings is 1. The Bertz CT molecular complexity index is 519. The molecule has 6 heteroatoms. The first-order valence-corrected chi connectivity index (χ1v) is 7.57. The standard InChI is InChI=1S/C15H22N4O2/c16-18-12-4-5-13(17-9-12)14(20)19-8-7-15(21)6-2-1-3-11(15)10-19/h4-5,9,11,18,21H,1-3,6-8,10,16H2. The summed E-state index contributed by atoms with van der Waals surface area (Å²) in [6, 6.07) is 3.42. The second kappa shape index (κ2) is 5.61. The van der Waals surface area contributed by atoms with Crippen molar-refractivity contribution in [1.29, 1.82) is 0 Å². The van der Waals surface area contributed by atoms with Gasteiger partial charge in [-0.2, -0.15) is 0 Å². The van der Waals surface area contributed by atoms with Gasteiger partial charge in [0.1, 0.15) is 5.69 Å². The summed E-state index contributed by atoms with van der Waals surface area (Å²) in [6.07, 6.45) is 6.33. The number of fused-ring (bicyclic) bond motifs is 1. The molecule has 4 N–H and O–H groups in total. The molecule has 1 aromatic rings. The Morgan fingerprint density at radius 1 is 1.43 bits per heavy atom. The van der Waals surface area contributed by atoms with E-state index in [-0.39, 0.29) is 11.8 Å². The molecule has 6 nitrogen and oxygen atoms in total. The van der Waals surface area contributed by atoms with Crippen molar-refractivity contribution in [2.24, 2.45) is 11.8 Å². The van der Waals surface area contributed by atoms with Gasteiger partial charge in [0.2, 0.25) is 0 Å². The molecule has 2 atom stereocenters. The van der Waals surface area contributed by atoms with Gasteiger partial charge < -0.3 is 15.4 Å². The molecule has 21 heavy (non-hydrogen) atoms. The SMILES string of the molecule is NNc1ccc(C(=O)N2CCC3(O)CCCCC3C2)nc1. The van der Waals surface area contributed by atoms with E-state index in [1.165, 1.54) is 0 Å². The molecule has 0 spiro atoms. The highest BCUT2D eigenvalue weighted by atomic mass is 16.3. The number of nitrogens with one attached hydrogen (secondary N) is 1. The largest absolute Gasteiger partial charge is 0.389 e. The molecule has 2 heterocycles. The predicted octanol–water partition coefficient (Wildman–Crippen LogP) is 1.13. The zero-order valence-electron chi connectivity index (χ0n) is 12.1. The van der Waals surface area contributed by atoms with E-state index in [0.717, 1.165) is 25.7 Å². The number of nitrogens with zero attached hydrogens (tertiary/aromatic N) is 2. The van der Waals surface area contributed by atoms with E-state index in [0.29, 0.717) is 30.9 Å². The molecule has 2 aliphatic rings. The number of nitrogens with two attached hydrogens (primary N) is 1. The average molecular weight is 290 g/mol. The van der Waals surface area contributed by atoms with Crippen molar-refractivity contribution in [2.45, 2.75) is 37.7 Å². The number of aliphatic hydroxyl groups is 1. The highest BCUT2D eigenvalue weighted by molar-refractivity contribution is 5.92. The smallest absolute Gasteiger partial charge is 0.272 e. The van der Waals surface area contributed by atoms with E-state index in [9.17, 15) is 9.90 Å². The number of anilines is 1. The molecule has 114 valence electrons. The number of carbonyl (C=O) groups excluding carboxylic acids is 1. The van der Waals surface area contributed by atoms with Gasteiger partial charge in [-0.25, -0.2) is 4.98 Å². The maximum atomic E-state index is 12.5. The molecule has 2 fully saturated rings. The highest BCUT2D eigenvalue weighted by Crippen LogP contribution is 2.39. The summed E-state index contributed by atoms with van der Waals surface area (Å²) in [6.45, 7) is 1.23. The van der Waals surface area contributed by atoms with Gasteiger partial charge in [-0.1, -0.05) is 12.8 Å². The van der Waals surface area contributed by atoms with Gasteiger partial charge in [0, 0.05) is 19.0 Å². The zero-order valence-corrected chi connectivity index (χ0v) is 12.1. The Kier molecular flexibility index (Phi) is 3.82. The van der Waals surface area contributed by atoms with E-state index in [4.69, 9.17) is 5.84 Å². The number of pyridine rings is 1. The molecule has 0 aromatic carbocycles. The zero-order chi connectivity index (χ0) is 14.9. The fraction of sp³-hybridized carbons (Fsp3) is 0.600. The van der Waals surface area contributed by atoms with Crippen LogP contribution in [0.2, 0.25) is 0 Å². The van der Waals surface area contributed by atoms with Crippen LogP contribution >= 0.6 is 0 Å². The van der Waals surface area contributed by atoms with E-state index in [1.54, 1.807) is 18.3 Å². The lowest BCUT2D eigenvalue weighted by Crippen LogP contribution is -2.54. The minimum atomic E-state index is -0.560. The summed E-state index contributed by atoms with van der Waals surface area (Å²) in [4.78, 5) is 18.5. The molecular weight excluding hydrogens is 268 g/mol. The number of carbonyl (C=O) groups is 1. The summed E-state index contributed by atoms with van der Waals surface area (Å²) < 4.78 is 0. The second-order valence-electron chi connectivity index (χ2n) is 6.12. The number of likely N-dealkylation sites (tertiary alicyclic amines) is 1. The lowest BCUT2D eigenvalue weighted by atomic mass is 9.71. The lowest BCUT2D eigenvalue weighted by molar-refractivity contribution is -0.0886. The summed E-state index contributed by atoms with van der Waals surface area (Å²) in [7, 11) is 0. The molecule has 1 amide bonds. The molecule has 0 radical (unpaired) electrons. The van der Waals surface area contributed by atoms with Crippen LogP contribution in [0.4, 0.5) is 5.69 Å². The van der Waals surface area contributed by atoms with Crippen LogP contribution < -0.4 is 11.3 Å². The first-order chi connectivity index (χ1) is 10.1. The van der Waals surface area contributed by atoms with Crippen molar-refractivity contribution in [3.05, 3.63) is 24.0 Å². The van der Waals surface area contributed by atoms with Crippen molar-refractivity contribution in [3.8, 4) is 0 Å². The number of nitrogen functional groups attached to an aromatic ring is 1. The maximum absolute atomic E-state index is 12.5. The van der Waals surface area contributed by atoms with Crippen LogP contribution in [0.1, 0.15) is 42.6 Å². The Hall–Kier alpha value is -1.66. The van der Waals surface area contributed by atoms with E-state index in [1.807, 2.05) is 4.90 Å². The third-order valence-electron chi connectivity index (χ3n) is 4.86. The molecule has 3 rings (SSSR count). The molecular formula is C15H22N4O2. The molecule has 1 saturated heterocycles. The average Bonchev–Trinajstić information content (AvgIpc) is 2.53. The van der Waals surface area contributed by atoms with Gasteiger partial charge in [-0.15, -0.1) is 0 Å². The number of aromatic nitrogens is 1. The summed E-state index contributed by atoms with van der Waals surface area (Å²) in [5, 5.41) is 10.7. The van der Waals surface area contributed by atoms with Gasteiger partial charge in [0.05, 0.1) is 17.5 Å². The van der Waals surface area contributed by atoms with Gasteiger partial charge in [-0.05, 0) is 31.4 Å². The van der Waals surface area contributed by atoms with Crippen LogP contribution in [0.15, 0.2) is 18.3 Å². The van der Waals surface area contributed by atoms with Crippen LogP contribution in [-0.4, -0.2) is 39.6 Å². The number of amides is 1. The van der Waals surface area contributed by atoms with Crippen LogP contribution in [0.5, 0.6) is 0 Å². The molecule has 1 saturated carbocycles. The molecule has 1 aromatic heterocycles. The Morgan fingerprint density at radius 2 is 2.29 bits per heavy atom. The summed E-state index contributed by atoms with van der Waals surface area (Å²) >= 11 is 0. The molecule has 0 bridgehead atoms. The van der Waals surface area contributed by atoms with E-state index < -0.39 is 5.60 Å². The van der Waals surface area contributed by atoms with Gasteiger partial charge >= 0.3 is 0 Å². The highest BCUT2D eigenvalue weighted by Gasteiger charge is 2.43. The third-order valence-corrected chi connectivity index (χ3v) is 4.86. The van der Waals surface area contributed by atoms with Crippen molar-refractivity contribution >= 4 is 11.6 Å². The first-order valence-electron chi connectivity index (χ1n) is 7.57. The third kappa shape index (κ3) is 2.73.